The standard InChI is InChI=1S/C14H4F5N4O4/c15-8-7(9(16)11(18)12(19)10(8)17)5(3-20)4-1-2-6-13(14(4)22(24)25)21-27-23(6)26/h1-2,4-5H/q-1. The van der Waals surface area contributed by atoms with Gasteiger partial charge < -0.3 is 10.4 Å². The lowest BCUT2D eigenvalue weighted by Crippen LogP contribution is -2.26. The maximum Gasteiger partial charge on any atom is 0.258 e. The summed E-state index contributed by atoms with van der Waals surface area (Å²) in [6, 6.07) is 1.31. The molecule has 0 fully saturated rings. The number of halogens is 5. The Balaban J connectivity index is 2.23. The molecular formula is C14H4F5N4O4-. The van der Waals surface area contributed by atoms with E-state index in [1.165, 1.54) is 6.07 Å². The van der Waals surface area contributed by atoms with Crippen molar-refractivity contribution in [3.8, 4) is 6.07 Å². The molecule has 0 saturated heterocycles. The van der Waals surface area contributed by atoms with Crippen LogP contribution in [-0.2, 0) is 4.94 Å². The van der Waals surface area contributed by atoms with E-state index in [1.54, 1.807) is 0 Å². The number of fused-ring (bicyclic) bond motifs is 1. The fourth-order valence-electron chi connectivity index (χ4n) is 2.71. The zero-order valence-corrected chi connectivity index (χ0v) is 12.6. The molecule has 0 amide bonds. The summed E-state index contributed by atoms with van der Waals surface area (Å²) in [4.78, 5) is 14.3. The van der Waals surface area contributed by atoms with E-state index < -0.39 is 68.5 Å². The lowest BCUT2D eigenvalue weighted by molar-refractivity contribution is -0.717. The number of nitrogens with zero attached hydrogens (tertiary/aromatic N) is 4. The average molecular weight is 387 g/mol. The number of hydrogen-bond acceptors (Lipinski definition) is 5. The second-order valence-corrected chi connectivity index (χ2v) is 5.28. The predicted molar refractivity (Wildman–Crippen MR) is 74.3 cm³/mol. The molecule has 13 heteroatoms. The Morgan fingerprint density at radius 3 is 2.26 bits per heavy atom. The Hall–Kier alpha value is -3.69. The molecule has 1 aliphatic heterocycles. The SMILES string of the molecule is N#CC(c1c(F)c(F)c(F)c(F)c1F)C1C=CC2=[N+]([O-])O[N-]C2=C1[N+](=O)[O-]. The number of benzene rings is 1. The van der Waals surface area contributed by atoms with Gasteiger partial charge in [0.2, 0.25) is 11.5 Å². The highest BCUT2D eigenvalue weighted by Gasteiger charge is 2.43. The fourth-order valence-corrected chi connectivity index (χ4v) is 2.71. The Morgan fingerprint density at radius 1 is 1.19 bits per heavy atom. The van der Waals surface area contributed by atoms with Crippen molar-refractivity contribution in [1.82, 2.24) is 0 Å². The maximum absolute atomic E-state index is 14.1. The van der Waals surface area contributed by atoms with E-state index in [2.05, 4.69) is 10.4 Å². The van der Waals surface area contributed by atoms with Crippen LogP contribution in [0.5, 0.6) is 0 Å². The van der Waals surface area contributed by atoms with E-state index in [1.807, 2.05) is 0 Å². The van der Waals surface area contributed by atoms with Gasteiger partial charge in [-0.1, -0.05) is 6.08 Å². The van der Waals surface area contributed by atoms with Crippen molar-refractivity contribution in [2.75, 3.05) is 0 Å². The molecule has 1 heterocycles. The Kier molecular flexibility index (Phi) is 4.18. The van der Waals surface area contributed by atoms with E-state index >= 15 is 0 Å². The normalized spacial score (nSPS) is 19.3. The smallest absolute Gasteiger partial charge is 0.258 e. The summed E-state index contributed by atoms with van der Waals surface area (Å²) in [5.74, 6) is -15.6. The van der Waals surface area contributed by atoms with Crippen LogP contribution in [-0.4, -0.2) is 15.5 Å². The van der Waals surface area contributed by atoms with Gasteiger partial charge in [-0.3, -0.25) is 15.3 Å². The number of allylic oxidation sites excluding steroid dienone is 2. The third-order valence-corrected chi connectivity index (χ3v) is 3.92. The molecule has 1 aromatic rings. The van der Waals surface area contributed by atoms with Crippen LogP contribution in [0.15, 0.2) is 23.5 Å². The number of hydroxylamine groups is 1. The summed E-state index contributed by atoms with van der Waals surface area (Å²) in [7, 11) is 0. The molecule has 2 aliphatic rings. The van der Waals surface area contributed by atoms with Crippen LogP contribution >= 0.6 is 0 Å². The molecule has 0 saturated carbocycles. The van der Waals surface area contributed by atoms with Crippen LogP contribution in [0, 0.1) is 61.7 Å². The fraction of sp³-hybridized carbons (Fsp3) is 0.143. The van der Waals surface area contributed by atoms with Gasteiger partial charge in [0, 0.05) is 22.2 Å². The van der Waals surface area contributed by atoms with Gasteiger partial charge in [-0.15, -0.1) is 0 Å². The largest absolute Gasteiger partial charge is 0.567 e. The highest BCUT2D eigenvalue weighted by Crippen LogP contribution is 2.41. The second-order valence-electron chi connectivity index (χ2n) is 5.28. The molecule has 8 nitrogen and oxygen atoms in total. The van der Waals surface area contributed by atoms with E-state index in [4.69, 9.17) is 0 Å². The molecule has 0 bridgehead atoms. The first-order valence-corrected chi connectivity index (χ1v) is 6.91. The summed E-state index contributed by atoms with van der Waals surface area (Å²) in [5.41, 5.74) is -0.411. The molecule has 0 aromatic heterocycles. The Labute approximate surface area is 145 Å². The molecule has 0 radical (unpaired) electrons. The number of nitriles is 1. The predicted octanol–water partition coefficient (Wildman–Crippen LogP) is 2.85. The van der Waals surface area contributed by atoms with Crippen molar-refractivity contribution >= 4 is 5.71 Å². The molecule has 2 unspecified atom stereocenters. The van der Waals surface area contributed by atoms with E-state index in [-0.39, 0.29) is 4.90 Å². The monoisotopic (exact) mass is 387 g/mol. The van der Waals surface area contributed by atoms with Gasteiger partial charge in [0.05, 0.1) is 22.8 Å². The van der Waals surface area contributed by atoms with Gasteiger partial charge in [0.15, 0.2) is 23.3 Å². The van der Waals surface area contributed by atoms with Gasteiger partial charge in [-0.2, -0.15) is 5.26 Å². The topological polar surface area (TPSA) is 116 Å². The summed E-state index contributed by atoms with van der Waals surface area (Å²) in [6.07, 6.45) is 1.77. The molecule has 1 aliphatic carbocycles. The number of nitro groups is 1. The highest BCUT2D eigenvalue weighted by atomic mass is 19.2. The van der Waals surface area contributed by atoms with Gasteiger partial charge in [0.25, 0.3) is 5.71 Å². The summed E-state index contributed by atoms with van der Waals surface area (Å²) in [5, 5.41) is 32.0. The maximum atomic E-state index is 14.1. The third-order valence-electron chi connectivity index (χ3n) is 3.92. The van der Waals surface area contributed by atoms with Gasteiger partial charge in [-0.25, -0.2) is 22.0 Å². The lowest BCUT2D eigenvalue weighted by Gasteiger charge is -2.24. The zero-order valence-electron chi connectivity index (χ0n) is 12.6. The highest BCUT2D eigenvalue weighted by molar-refractivity contribution is 6.08. The van der Waals surface area contributed by atoms with Crippen LogP contribution in [0.3, 0.4) is 0 Å². The molecule has 0 N–H and O–H groups in total. The molecule has 2 atom stereocenters. The molecule has 140 valence electrons. The molecule has 0 spiro atoms. The quantitative estimate of drug-likeness (QED) is 0.197. The Morgan fingerprint density at radius 2 is 1.74 bits per heavy atom. The van der Waals surface area contributed by atoms with Crippen LogP contribution in [0.2, 0.25) is 0 Å². The molecule has 1 aromatic carbocycles. The lowest BCUT2D eigenvalue weighted by atomic mass is 9.80. The second kappa shape index (κ2) is 6.24. The minimum atomic E-state index is -2.44. The Bertz CT molecular complexity index is 985. The first-order chi connectivity index (χ1) is 12.7. The minimum Gasteiger partial charge on any atom is -0.567 e. The van der Waals surface area contributed by atoms with Crippen LogP contribution in [0.25, 0.3) is 5.48 Å². The summed E-state index contributed by atoms with van der Waals surface area (Å²) < 4.78 is 68.3. The number of rotatable bonds is 3. The van der Waals surface area contributed by atoms with Crippen molar-refractivity contribution in [2.45, 2.75) is 5.92 Å². The molecular weight excluding hydrogens is 383 g/mol. The van der Waals surface area contributed by atoms with Crippen molar-refractivity contribution in [2.24, 2.45) is 5.92 Å². The van der Waals surface area contributed by atoms with Gasteiger partial charge in [0.1, 0.15) is 0 Å². The van der Waals surface area contributed by atoms with Gasteiger partial charge >= 0.3 is 0 Å². The minimum absolute atomic E-state index is 0.189. The van der Waals surface area contributed by atoms with Crippen LogP contribution in [0.1, 0.15) is 11.5 Å². The average Bonchev–Trinajstić information content (AvgIpc) is 3.02. The molecule has 3 rings (SSSR count). The van der Waals surface area contributed by atoms with E-state index in [9.17, 15) is 42.5 Å². The third kappa shape index (κ3) is 2.53. The first kappa shape index (κ1) is 18.1. The van der Waals surface area contributed by atoms with E-state index in [0.717, 1.165) is 12.2 Å². The van der Waals surface area contributed by atoms with Gasteiger partial charge in [-0.05, 0) is 0 Å². The van der Waals surface area contributed by atoms with Crippen molar-refractivity contribution in [3.05, 3.63) is 79.0 Å². The van der Waals surface area contributed by atoms with Crippen molar-refractivity contribution in [3.63, 3.8) is 0 Å². The summed E-state index contributed by atoms with van der Waals surface area (Å²) in [6.45, 7) is 0. The van der Waals surface area contributed by atoms with Crippen LogP contribution in [0.4, 0.5) is 22.0 Å². The summed E-state index contributed by atoms with van der Waals surface area (Å²) >= 11 is 0. The van der Waals surface area contributed by atoms with E-state index in [0.29, 0.717) is 0 Å². The molecule has 27 heavy (non-hydrogen) atoms. The van der Waals surface area contributed by atoms with Crippen molar-refractivity contribution in [1.29, 1.82) is 5.26 Å². The zero-order chi connectivity index (χ0) is 20.0. The first-order valence-electron chi connectivity index (χ1n) is 6.91. The van der Waals surface area contributed by atoms with Crippen molar-refractivity contribution < 1.29 is 36.7 Å². The number of hydrogen-bond donors (Lipinski definition) is 0. The van der Waals surface area contributed by atoms with Crippen LogP contribution < -0.4 is 0 Å².